The molecule has 10 heteroatoms. The van der Waals surface area contributed by atoms with Crippen molar-refractivity contribution in [3.05, 3.63) is 58.7 Å². The van der Waals surface area contributed by atoms with Gasteiger partial charge in [0.1, 0.15) is 23.4 Å². The monoisotopic (exact) mass is 456 g/mol. The Labute approximate surface area is 186 Å². The molecule has 33 heavy (non-hydrogen) atoms. The second-order valence-corrected chi connectivity index (χ2v) is 7.70. The molecule has 0 aromatic heterocycles. The normalized spacial score (nSPS) is 17.1. The van der Waals surface area contributed by atoms with E-state index >= 15 is 0 Å². The number of fused-ring (bicyclic) bond motifs is 1. The molecule has 10 nitrogen and oxygen atoms in total. The molecule has 3 aromatic carbocycles. The quantitative estimate of drug-likeness (QED) is 0.229. The number of ether oxygens (including phenoxy) is 2. The predicted molar refractivity (Wildman–Crippen MR) is 112 cm³/mol. The second-order valence-electron chi connectivity index (χ2n) is 7.70. The molecule has 0 bridgehead atoms. The van der Waals surface area contributed by atoms with E-state index in [1.165, 1.54) is 18.2 Å². The Bertz CT molecular complexity index is 1220. The van der Waals surface area contributed by atoms with E-state index in [2.05, 4.69) is 0 Å². The molecule has 0 radical (unpaired) electrons. The van der Waals surface area contributed by atoms with E-state index in [4.69, 9.17) is 9.47 Å². The van der Waals surface area contributed by atoms with Crippen LogP contribution in [0.5, 0.6) is 46.0 Å². The molecule has 1 aliphatic rings. The van der Waals surface area contributed by atoms with Gasteiger partial charge in [-0.1, -0.05) is 0 Å². The molecule has 0 amide bonds. The van der Waals surface area contributed by atoms with Gasteiger partial charge in [-0.3, -0.25) is 0 Å². The maximum atomic E-state index is 12.8. The largest absolute Gasteiger partial charge is 0.508 e. The average molecular weight is 456 g/mol. The Morgan fingerprint density at radius 3 is 2.12 bits per heavy atom. The third-order valence-electron chi connectivity index (χ3n) is 5.36. The lowest BCUT2D eigenvalue weighted by molar-refractivity contribution is -0.0189. The molecule has 1 aliphatic heterocycles. The fourth-order valence-electron chi connectivity index (χ4n) is 3.71. The highest BCUT2D eigenvalue weighted by molar-refractivity contribution is 5.91. The summed E-state index contributed by atoms with van der Waals surface area (Å²) < 4.78 is 11.5. The van der Waals surface area contributed by atoms with Crippen molar-refractivity contribution in [2.24, 2.45) is 0 Å². The molecule has 172 valence electrons. The Balaban J connectivity index is 1.75. The van der Waals surface area contributed by atoms with Crippen LogP contribution in [-0.4, -0.2) is 47.8 Å². The van der Waals surface area contributed by atoms with Crippen molar-refractivity contribution in [2.45, 2.75) is 25.6 Å². The van der Waals surface area contributed by atoms with Crippen LogP contribution in [0.3, 0.4) is 0 Å². The molecule has 1 heterocycles. The Hall–Kier alpha value is -4.47. The number of phenolic OH excluding ortho intramolecular Hbond substituents is 7. The summed E-state index contributed by atoms with van der Waals surface area (Å²) in [4.78, 5) is 12.8. The zero-order chi connectivity index (χ0) is 24.0. The fourth-order valence-corrected chi connectivity index (χ4v) is 3.71. The number of benzene rings is 3. The summed E-state index contributed by atoms with van der Waals surface area (Å²) in [6, 6.07) is 6.97. The maximum Gasteiger partial charge on any atom is 0.338 e. The van der Waals surface area contributed by atoms with E-state index in [1.54, 1.807) is 6.92 Å². The molecule has 0 aliphatic carbocycles. The fraction of sp³-hybridized carbons (Fsp3) is 0.174. The smallest absolute Gasteiger partial charge is 0.338 e. The highest BCUT2D eigenvalue weighted by Crippen LogP contribution is 2.45. The molecular weight excluding hydrogens is 436 g/mol. The van der Waals surface area contributed by atoms with Crippen molar-refractivity contribution >= 4 is 5.97 Å². The molecule has 4 rings (SSSR count). The Morgan fingerprint density at radius 2 is 1.48 bits per heavy atom. The summed E-state index contributed by atoms with van der Waals surface area (Å²) >= 11 is 0. The van der Waals surface area contributed by atoms with Crippen LogP contribution in [0.2, 0.25) is 0 Å². The molecule has 0 saturated carbocycles. The van der Waals surface area contributed by atoms with Crippen molar-refractivity contribution in [3.8, 4) is 46.0 Å². The molecule has 0 spiro atoms. The molecule has 7 N–H and O–H groups in total. The Morgan fingerprint density at radius 1 is 0.848 bits per heavy atom. The highest BCUT2D eigenvalue weighted by Gasteiger charge is 2.37. The third kappa shape index (κ3) is 3.93. The van der Waals surface area contributed by atoms with Crippen molar-refractivity contribution in [1.82, 2.24) is 0 Å². The van der Waals surface area contributed by atoms with Crippen LogP contribution in [-0.2, 0) is 11.2 Å². The summed E-state index contributed by atoms with van der Waals surface area (Å²) in [5.74, 6) is -4.36. The van der Waals surface area contributed by atoms with Crippen LogP contribution in [0.4, 0.5) is 0 Å². The third-order valence-corrected chi connectivity index (χ3v) is 5.36. The van der Waals surface area contributed by atoms with Crippen LogP contribution in [0.1, 0.15) is 33.2 Å². The SMILES string of the molecule is Cc1cc([C@H]2Oc3cc(O)cc(O)c3C[C@H]2OC(=O)c2cc(O)c(O)c(O)c2)cc(O)c1O. The number of aromatic hydroxyl groups is 7. The van der Waals surface area contributed by atoms with Gasteiger partial charge < -0.3 is 45.2 Å². The maximum absolute atomic E-state index is 12.8. The van der Waals surface area contributed by atoms with E-state index in [0.717, 1.165) is 18.2 Å². The van der Waals surface area contributed by atoms with Crippen molar-refractivity contribution < 1.29 is 50.0 Å². The van der Waals surface area contributed by atoms with Gasteiger partial charge in [-0.2, -0.15) is 0 Å². The molecule has 0 fully saturated rings. The summed E-state index contributed by atoms with van der Waals surface area (Å²) in [7, 11) is 0. The van der Waals surface area contributed by atoms with E-state index in [1.807, 2.05) is 0 Å². The number of phenols is 7. The van der Waals surface area contributed by atoms with Crippen LogP contribution in [0, 0.1) is 6.92 Å². The lowest BCUT2D eigenvalue weighted by Gasteiger charge is -2.34. The van der Waals surface area contributed by atoms with Crippen LogP contribution in [0.25, 0.3) is 0 Å². The zero-order valence-electron chi connectivity index (χ0n) is 17.2. The predicted octanol–water partition coefficient (Wildman–Crippen LogP) is 2.84. The van der Waals surface area contributed by atoms with E-state index in [0.29, 0.717) is 11.1 Å². The number of rotatable bonds is 3. The van der Waals surface area contributed by atoms with Gasteiger partial charge in [-0.05, 0) is 36.8 Å². The minimum Gasteiger partial charge on any atom is -0.508 e. The van der Waals surface area contributed by atoms with Gasteiger partial charge in [0.25, 0.3) is 0 Å². The summed E-state index contributed by atoms with van der Waals surface area (Å²) in [5.41, 5.74) is 0.673. The van der Waals surface area contributed by atoms with E-state index < -0.39 is 41.2 Å². The van der Waals surface area contributed by atoms with Gasteiger partial charge in [0.2, 0.25) is 0 Å². The minimum absolute atomic E-state index is 0.0470. The molecule has 2 atom stereocenters. The zero-order valence-corrected chi connectivity index (χ0v) is 17.2. The molecule has 0 saturated heterocycles. The van der Waals surface area contributed by atoms with E-state index in [-0.39, 0.29) is 40.5 Å². The average Bonchev–Trinajstić information content (AvgIpc) is 2.75. The van der Waals surface area contributed by atoms with Gasteiger partial charge in [0.05, 0.1) is 5.56 Å². The highest BCUT2D eigenvalue weighted by atomic mass is 16.6. The van der Waals surface area contributed by atoms with Crippen molar-refractivity contribution in [1.29, 1.82) is 0 Å². The van der Waals surface area contributed by atoms with Crippen LogP contribution in [0.15, 0.2) is 36.4 Å². The van der Waals surface area contributed by atoms with E-state index in [9.17, 15) is 40.5 Å². The van der Waals surface area contributed by atoms with Crippen molar-refractivity contribution in [2.75, 3.05) is 0 Å². The van der Waals surface area contributed by atoms with Gasteiger partial charge >= 0.3 is 5.97 Å². The topological polar surface area (TPSA) is 177 Å². The first kappa shape index (κ1) is 21.8. The first-order chi connectivity index (χ1) is 15.5. The lowest BCUT2D eigenvalue weighted by Crippen LogP contribution is -2.34. The van der Waals surface area contributed by atoms with Crippen molar-refractivity contribution in [3.63, 3.8) is 0 Å². The van der Waals surface area contributed by atoms with Gasteiger partial charge in [0, 0.05) is 29.7 Å². The molecular formula is C23H20O10. The molecule has 3 aromatic rings. The van der Waals surface area contributed by atoms with Crippen LogP contribution < -0.4 is 4.74 Å². The summed E-state index contributed by atoms with van der Waals surface area (Å²) in [6.07, 6.45) is -2.14. The molecule has 0 unspecified atom stereocenters. The minimum atomic E-state index is -1.07. The first-order valence-electron chi connectivity index (χ1n) is 9.75. The number of carbonyl (C=O) groups excluding carboxylic acids is 1. The Kier molecular flexibility index (Phi) is 5.21. The number of aryl methyl sites for hydroxylation is 1. The summed E-state index contributed by atoms with van der Waals surface area (Å²) in [6.45, 7) is 1.55. The van der Waals surface area contributed by atoms with Gasteiger partial charge in [0.15, 0.2) is 34.9 Å². The lowest BCUT2D eigenvalue weighted by atomic mass is 9.92. The number of hydrogen-bond acceptors (Lipinski definition) is 10. The standard InChI is InChI=1S/C23H20O10/c1-9-2-10(3-15(26)20(9)29)22-19(8-13-14(25)6-12(24)7-18(13)32-22)33-23(31)11-4-16(27)21(30)17(28)5-11/h2-7,19,22,24-30H,8H2,1H3/t19-,22-/m1/s1. The van der Waals surface area contributed by atoms with Gasteiger partial charge in [-0.25, -0.2) is 4.79 Å². The number of hydrogen-bond donors (Lipinski definition) is 7. The number of esters is 1. The number of carbonyl (C=O) groups is 1. The van der Waals surface area contributed by atoms with Gasteiger partial charge in [-0.15, -0.1) is 0 Å². The first-order valence-corrected chi connectivity index (χ1v) is 9.75. The van der Waals surface area contributed by atoms with Crippen LogP contribution >= 0.6 is 0 Å². The second kappa shape index (κ2) is 7.90. The summed E-state index contributed by atoms with van der Waals surface area (Å²) in [5, 5.41) is 68.9.